The zero-order chi connectivity index (χ0) is 17.1. The van der Waals surface area contributed by atoms with Crippen LogP contribution in [-0.4, -0.2) is 31.7 Å². The number of rotatable bonds is 4. The van der Waals surface area contributed by atoms with Gasteiger partial charge in [-0.3, -0.25) is 4.79 Å². The van der Waals surface area contributed by atoms with Crippen LogP contribution in [0.5, 0.6) is 0 Å². The number of piperidine rings is 1. The Hall–Kier alpha value is -1.40. The second kappa shape index (κ2) is 7.01. The topological polar surface area (TPSA) is 75.3 Å². The van der Waals surface area contributed by atoms with E-state index in [0.29, 0.717) is 11.3 Å². The van der Waals surface area contributed by atoms with Gasteiger partial charge in [-0.25, -0.2) is 8.42 Å². The van der Waals surface area contributed by atoms with Gasteiger partial charge in [-0.05, 0) is 57.9 Å². The molecule has 0 saturated carbocycles. The van der Waals surface area contributed by atoms with Crippen molar-refractivity contribution in [3.05, 3.63) is 29.8 Å². The molecule has 1 unspecified atom stereocenters. The summed E-state index contributed by atoms with van der Waals surface area (Å²) in [6.07, 6.45) is 2.99. The van der Waals surface area contributed by atoms with Gasteiger partial charge in [-0.15, -0.1) is 0 Å². The van der Waals surface area contributed by atoms with E-state index in [4.69, 9.17) is 0 Å². The highest BCUT2D eigenvalue weighted by molar-refractivity contribution is 7.91. The Morgan fingerprint density at radius 3 is 2.65 bits per heavy atom. The predicted octanol–water partition coefficient (Wildman–Crippen LogP) is 2.48. The number of anilines is 1. The first-order valence-corrected chi connectivity index (χ1v) is 9.70. The first-order chi connectivity index (χ1) is 10.7. The molecule has 1 aromatic rings. The Bertz CT molecular complexity index is 657. The summed E-state index contributed by atoms with van der Waals surface area (Å²) in [7, 11) is -3.24. The highest BCUT2D eigenvalue weighted by Crippen LogP contribution is 2.22. The molecule has 1 aliphatic heterocycles. The van der Waals surface area contributed by atoms with Crippen molar-refractivity contribution >= 4 is 21.4 Å². The van der Waals surface area contributed by atoms with Gasteiger partial charge in [0.15, 0.2) is 9.84 Å². The summed E-state index contributed by atoms with van der Waals surface area (Å²) in [6.45, 7) is 5.95. The van der Waals surface area contributed by atoms with Crippen LogP contribution in [0, 0.1) is 0 Å². The van der Waals surface area contributed by atoms with E-state index in [0.717, 1.165) is 25.8 Å². The van der Waals surface area contributed by atoms with Gasteiger partial charge in [-0.1, -0.05) is 18.6 Å². The van der Waals surface area contributed by atoms with E-state index in [1.54, 1.807) is 45.0 Å². The normalized spacial score (nSPS) is 19.3. The van der Waals surface area contributed by atoms with Crippen molar-refractivity contribution in [1.82, 2.24) is 5.32 Å². The zero-order valence-corrected chi connectivity index (χ0v) is 14.9. The lowest BCUT2D eigenvalue weighted by Crippen LogP contribution is -2.43. The van der Waals surface area contributed by atoms with Crippen molar-refractivity contribution < 1.29 is 13.2 Å². The largest absolute Gasteiger partial charge is 0.325 e. The van der Waals surface area contributed by atoms with Gasteiger partial charge in [0.2, 0.25) is 5.91 Å². The predicted molar refractivity (Wildman–Crippen MR) is 93.1 cm³/mol. The van der Waals surface area contributed by atoms with E-state index in [9.17, 15) is 13.2 Å². The smallest absolute Gasteiger partial charge is 0.241 e. The average molecular weight is 338 g/mol. The summed E-state index contributed by atoms with van der Waals surface area (Å²) in [5.74, 6) is -0.0810. The third-order valence-corrected chi connectivity index (χ3v) is 6.69. The molecular weight excluding hydrogens is 312 g/mol. The molecule has 2 rings (SSSR count). The van der Waals surface area contributed by atoms with Crippen LogP contribution in [0.25, 0.3) is 0 Å². The van der Waals surface area contributed by atoms with Crippen molar-refractivity contribution in [2.24, 2.45) is 0 Å². The van der Waals surface area contributed by atoms with E-state index in [1.165, 1.54) is 0 Å². The van der Waals surface area contributed by atoms with Crippen LogP contribution in [0.4, 0.5) is 5.69 Å². The molecule has 1 aromatic carbocycles. The van der Waals surface area contributed by atoms with Crippen LogP contribution in [-0.2, 0) is 20.4 Å². The van der Waals surface area contributed by atoms with Gasteiger partial charge in [0.25, 0.3) is 0 Å². The molecule has 0 aliphatic carbocycles. The second-order valence-corrected chi connectivity index (χ2v) is 9.81. The number of carbonyl (C=O) groups is 1. The molecule has 1 atom stereocenters. The number of amides is 1. The number of carbonyl (C=O) groups excluding carboxylic acids is 1. The third-order valence-electron chi connectivity index (χ3n) is 4.11. The van der Waals surface area contributed by atoms with Crippen LogP contribution in [0.3, 0.4) is 0 Å². The second-order valence-electron chi connectivity index (χ2n) is 7.06. The SMILES string of the molecule is CC(C)(C)S(=O)(=O)Cc1cccc(NC(=O)C2CCCCN2)c1. The molecule has 5 nitrogen and oxygen atoms in total. The van der Waals surface area contributed by atoms with Crippen LogP contribution in [0.1, 0.15) is 45.6 Å². The van der Waals surface area contributed by atoms with Crippen molar-refractivity contribution in [3.63, 3.8) is 0 Å². The number of sulfone groups is 1. The highest BCUT2D eigenvalue weighted by Gasteiger charge is 2.29. The molecule has 0 radical (unpaired) electrons. The lowest BCUT2D eigenvalue weighted by molar-refractivity contribution is -0.118. The molecule has 1 fully saturated rings. The fourth-order valence-corrected chi connectivity index (χ4v) is 3.53. The maximum atomic E-state index is 12.3. The molecule has 1 aliphatic rings. The van der Waals surface area contributed by atoms with Gasteiger partial charge in [-0.2, -0.15) is 0 Å². The van der Waals surface area contributed by atoms with Gasteiger partial charge < -0.3 is 10.6 Å². The molecule has 2 N–H and O–H groups in total. The van der Waals surface area contributed by atoms with E-state index in [-0.39, 0.29) is 17.7 Å². The van der Waals surface area contributed by atoms with Gasteiger partial charge >= 0.3 is 0 Å². The fourth-order valence-electron chi connectivity index (χ4n) is 2.48. The number of nitrogens with one attached hydrogen (secondary N) is 2. The van der Waals surface area contributed by atoms with Crippen LogP contribution < -0.4 is 10.6 Å². The lowest BCUT2D eigenvalue weighted by atomic mass is 10.0. The minimum absolute atomic E-state index is 0.0259. The summed E-state index contributed by atoms with van der Waals surface area (Å²) in [5, 5.41) is 6.08. The number of hydrogen-bond donors (Lipinski definition) is 2. The van der Waals surface area contributed by atoms with Crippen LogP contribution in [0.15, 0.2) is 24.3 Å². The summed E-state index contributed by atoms with van der Waals surface area (Å²) >= 11 is 0. The Balaban J connectivity index is 2.06. The Labute approximate surface area is 138 Å². The molecule has 1 saturated heterocycles. The van der Waals surface area contributed by atoms with Gasteiger partial charge in [0, 0.05) is 5.69 Å². The highest BCUT2D eigenvalue weighted by atomic mass is 32.2. The monoisotopic (exact) mass is 338 g/mol. The van der Waals surface area contributed by atoms with Crippen molar-refractivity contribution in [1.29, 1.82) is 0 Å². The number of hydrogen-bond acceptors (Lipinski definition) is 4. The molecular formula is C17H26N2O3S. The van der Waals surface area contributed by atoms with E-state index < -0.39 is 14.6 Å². The van der Waals surface area contributed by atoms with Crippen LogP contribution in [0.2, 0.25) is 0 Å². The van der Waals surface area contributed by atoms with Gasteiger partial charge in [0.1, 0.15) is 0 Å². The third kappa shape index (κ3) is 4.78. The molecule has 0 aromatic heterocycles. The van der Waals surface area contributed by atoms with E-state index >= 15 is 0 Å². The maximum Gasteiger partial charge on any atom is 0.241 e. The van der Waals surface area contributed by atoms with Crippen molar-refractivity contribution in [3.8, 4) is 0 Å². The van der Waals surface area contributed by atoms with Crippen molar-refractivity contribution in [2.45, 2.75) is 56.6 Å². The summed E-state index contributed by atoms with van der Waals surface area (Å²) < 4.78 is 23.8. The zero-order valence-electron chi connectivity index (χ0n) is 14.1. The molecule has 6 heteroatoms. The Morgan fingerprint density at radius 1 is 1.30 bits per heavy atom. The lowest BCUT2D eigenvalue weighted by Gasteiger charge is -2.23. The quantitative estimate of drug-likeness (QED) is 0.884. The molecule has 0 bridgehead atoms. The first kappa shape index (κ1) is 17.9. The van der Waals surface area contributed by atoms with E-state index in [2.05, 4.69) is 10.6 Å². The molecule has 128 valence electrons. The molecule has 0 spiro atoms. The van der Waals surface area contributed by atoms with Crippen LogP contribution >= 0.6 is 0 Å². The summed E-state index contributed by atoms with van der Waals surface area (Å²) in [6, 6.07) is 6.92. The standard InChI is InChI=1S/C17H26N2O3S/c1-17(2,3)23(21,22)12-13-7-6-8-14(11-13)19-16(20)15-9-4-5-10-18-15/h6-8,11,15,18H,4-5,9-10,12H2,1-3H3,(H,19,20). The summed E-state index contributed by atoms with van der Waals surface area (Å²) in [5.41, 5.74) is 1.33. The average Bonchev–Trinajstić information content (AvgIpc) is 2.47. The minimum atomic E-state index is -3.24. The number of benzene rings is 1. The van der Waals surface area contributed by atoms with E-state index in [1.807, 2.05) is 0 Å². The van der Waals surface area contributed by atoms with Crippen molar-refractivity contribution in [2.75, 3.05) is 11.9 Å². The molecule has 1 heterocycles. The minimum Gasteiger partial charge on any atom is -0.325 e. The fraction of sp³-hybridized carbons (Fsp3) is 0.588. The maximum absolute atomic E-state index is 12.3. The molecule has 1 amide bonds. The Kier molecular flexibility index (Phi) is 5.47. The van der Waals surface area contributed by atoms with Gasteiger partial charge in [0.05, 0.1) is 16.5 Å². The molecule has 23 heavy (non-hydrogen) atoms. The first-order valence-electron chi connectivity index (χ1n) is 8.04. The Morgan fingerprint density at radius 2 is 2.04 bits per heavy atom. The summed E-state index contributed by atoms with van der Waals surface area (Å²) in [4.78, 5) is 12.2.